The monoisotopic (exact) mass is 634 g/mol. The maximum Gasteiger partial charge on any atom is 0.0971 e. The fourth-order valence-electron chi connectivity index (χ4n) is 7.84. The summed E-state index contributed by atoms with van der Waals surface area (Å²) in [7, 11) is 0. The van der Waals surface area contributed by atoms with Crippen LogP contribution in [0, 0.1) is 0 Å². The Hall–Kier alpha value is -6.64. The Morgan fingerprint density at radius 2 is 0.760 bits per heavy atom. The summed E-state index contributed by atoms with van der Waals surface area (Å²) < 4.78 is 0. The highest BCUT2D eigenvalue weighted by atomic mass is 14.7. The molecule has 0 spiro atoms. The van der Waals surface area contributed by atoms with Crippen molar-refractivity contribution in [1.29, 1.82) is 0 Å². The quantitative estimate of drug-likeness (QED) is 0.180. The summed E-state index contributed by atoms with van der Waals surface area (Å²) in [5, 5.41) is 9.60. The summed E-state index contributed by atoms with van der Waals surface area (Å²) >= 11 is 0. The van der Waals surface area contributed by atoms with E-state index >= 15 is 0 Å². The van der Waals surface area contributed by atoms with Crippen LogP contribution in [0.1, 0.15) is 0 Å². The van der Waals surface area contributed by atoms with Gasteiger partial charge in [-0.3, -0.25) is 9.97 Å². The Kier molecular flexibility index (Phi) is 6.53. The highest BCUT2D eigenvalue weighted by Gasteiger charge is 2.19. The first-order valence-corrected chi connectivity index (χ1v) is 17.1. The summed E-state index contributed by atoms with van der Waals surface area (Å²) in [6.07, 6.45) is 3.81. The van der Waals surface area contributed by atoms with Gasteiger partial charge in [-0.15, -0.1) is 0 Å². The van der Waals surface area contributed by atoms with Crippen molar-refractivity contribution >= 4 is 54.1 Å². The van der Waals surface area contributed by atoms with Crippen molar-refractivity contribution in [3.8, 4) is 44.5 Å². The number of fused-ring (bicyclic) bond motifs is 7. The second kappa shape index (κ2) is 11.5. The van der Waals surface area contributed by atoms with Crippen LogP contribution in [0.25, 0.3) is 98.6 Å². The van der Waals surface area contributed by atoms with Crippen molar-refractivity contribution in [2.24, 2.45) is 0 Å². The first kappa shape index (κ1) is 28.4. The zero-order valence-corrected chi connectivity index (χ0v) is 27.2. The Balaban J connectivity index is 1.32. The van der Waals surface area contributed by atoms with Crippen LogP contribution >= 0.6 is 0 Å². The van der Waals surface area contributed by atoms with Crippen LogP contribution in [0.3, 0.4) is 0 Å². The first-order chi connectivity index (χ1) is 24.8. The number of hydrogen-bond donors (Lipinski definition) is 0. The molecule has 0 amide bonds. The van der Waals surface area contributed by atoms with Gasteiger partial charge in [0.15, 0.2) is 0 Å². The lowest BCUT2D eigenvalue weighted by Gasteiger charge is -2.19. The molecule has 2 heteroatoms. The van der Waals surface area contributed by atoms with Gasteiger partial charge in [0.25, 0.3) is 0 Å². The van der Waals surface area contributed by atoms with Gasteiger partial charge in [-0.25, -0.2) is 0 Å². The van der Waals surface area contributed by atoms with E-state index in [-0.39, 0.29) is 0 Å². The lowest BCUT2D eigenvalue weighted by atomic mass is 9.85. The Labute approximate surface area is 290 Å². The fraction of sp³-hybridized carbons (Fsp3) is 0. The number of nitrogens with zero attached hydrogens (tertiary/aromatic N) is 2. The molecule has 0 aliphatic rings. The Morgan fingerprint density at radius 1 is 0.260 bits per heavy atom. The van der Waals surface area contributed by atoms with E-state index in [9.17, 15) is 0 Å². The van der Waals surface area contributed by atoms with Crippen LogP contribution in [-0.4, -0.2) is 9.97 Å². The standard InChI is InChI=1S/C48H30N2/c1-3-13-31(14-4-1)41-29-45-37(35-19-9-10-20-36(35)41)21-11-22-38(45)43-27-33-17-7-8-18-34(33)28-44(43)39-24-26-50-48-46(39)30-42(32-15-5-2-6-16-32)40-23-12-25-49-47(40)48/h1-30H. The van der Waals surface area contributed by atoms with Gasteiger partial charge in [0.05, 0.1) is 11.0 Å². The average Bonchev–Trinajstić information content (AvgIpc) is 3.20. The smallest absolute Gasteiger partial charge is 0.0971 e. The molecular formula is C48H30N2. The molecule has 0 radical (unpaired) electrons. The van der Waals surface area contributed by atoms with Crippen molar-refractivity contribution in [3.05, 3.63) is 182 Å². The van der Waals surface area contributed by atoms with Gasteiger partial charge in [0.2, 0.25) is 0 Å². The van der Waals surface area contributed by atoms with Gasteiger partial charge in [-0.05, 0) is 113 Å². The summed E-state index contributed by atoms with van der Waals surface area (Å²) in [5.41, 5.74) is 11.3. The summed E-state index contributed by atoms with van der Waals surface area (Å²) in [4.78, 5) is 9.87. The minimum atomic E-state index is 0.909. The predicted molar refractivity (Wildman–Crippen MR) is 211 cm³/mol. The summed E-state index contributed by atoms with van der Waals surface area (Å²) in [6, 6.07) is 61.4. The van der Waals surface area contributed by atoms with Crippen LogP contribution in [0.15, 0.2) is 182 Å². The van der Waals surface area contributed by atoms with E-state index in [4.69, 9.17) is 9.97 Å². The number of aromatic nitrogens is 2. The maximum atomic E-state index is 4.96. The summed E-state index contributed by atoms with van der Waals surface area (Å²) in [5.74, 6) is 0. The molecule has 8 aromatic carbocycles. The first-order valence-electron chi connectivity index (χ1n) is 17.1. The highest BCUT2D eigenvalue weighted by molar-refractivity contribution is 6.20. The van der Waals surface area contributed by atoms with Crippen LogP contribution in [-0.2, 0) is 0 Å². The normalized spacial score (nSPS) is 11.6. The van der Waals surface area contributed by atoms with E-state index in [1.165, 1.54) is 60.1 Å². The second-order valence-electron chi connectivity index (χ2n) is 12.9. The molecule has 0 saturated carbocycles. The van der Waals surface area contributed by atoms with Crippen LogP contribution < -0.4 is 0 Å². The molecule has 50 heavy (non-hydrogen) atoms. The number of benzene rings is 8. The Bertz CT molecular complexity index is 2710. The van der Waals surface area contributed by atoms with Crippen LogP contribution in [0.2, 0.25) is 0 Å². The van der Waals surface area contributed by atoms with E-state index < -0.39 is 0 Å². The second-order valence-corrected chi connectivity index (χ2v) is 12.9. The molecule has 0 saturated heterocycles. The molecule has 232 valence electrons. The molecule has 0 unspecified atom stereocenters. The van der Waals surface area contributed by atoms with Crippen molar-refractivity contribution in [2.45, 2.75) is 0 Å². The lowest BCUT2D eigenvalue weighted by molar-refractivity contribution is 1.37. The molecule has 2 aromatic heterocycles. The zero-order chi connectivity index (χ0) is 33.0. The summed E-state index contributed by atoms with van der Waals surface area (Å²) in [6.45, 7) is 0. The predicted octanol–water partition coefficient (Wildman–Crippen LogP) is 12.9. The van der Waals surface area contributed by atoms with E-state index in [0.717, 1.165) is 38.5 Å². The topological polar surface area (TPSA) is 25.8 Å². The molecule has 0 aliphatic heterocycles. The van der Waals surface area contributed by atoms with E-state index in [1.54, 1.807) is 0 Å². The van der Waals surface area contributed by atoms with Gasteiger partial charge in [0, 0.05) is 23.2 Å². The minimum Gasteiger partial charge on any atom is -0.254 e. The van der Waals surface area contributed by atoms with Crippen molar-refractivity contribution in [3.63, 3.8) is 0 Å². The molecule has 0 fully saturated rings. The molecule has 0 atom stereocenters. The van der Waals surface area contributed by atoms with Gasteiger partial charge < -0.3 is 0 Å². The van der Waals surface area contributed by atoms with Crippen LogP contribution in [0.5, 0.6) is 0 Å². The SMILES string of the molecule is c1ccc(-c2cc3c(-c4cc5ccccc5cc4-c4ccnc5c4cc(-c4ccccc4)c4cccnc45)cccc3c3ccccc23)cc1. The molecule has 10 aromatic rings. The van der Waals surface area contributed by atoms with Crippen molar-refractivity contribution < 1.29 is 0 Å². The number of pyridine rings is 2. The third kappa shape index (κ3) is 4.50. The van der Waals surface area contributed by atoms with Crippen molar-refractivity contribution in [2.75, 3.05) is 0 Å². The molecule has 10 rings (SSSR count). The molecule has 0 bridgehead atoms. The third-order valence-electron chi connectivity index (χ3n) is 10.1. The third-order valence-corrected chi connectivity index (χ3v) is 10.1. The molecular weight excluding hydrogens is 605 g/mol. The van der Waals surface area contributed by atoms with E-state index in [2.05, 4.69) is 164 Å². The largest absolute Gasteiger partial charge is 0.254 e. The fourth-order valence-corrected chi connectivity index (χ4v) is 7.84. The number of hydrogen-bond acceptors (Lipinski definition) is 2. The maximum absolute atomic E-state index is 4.96. The van der Waals surface area contributed by atoms with Gasteiger partial charge in [0.1, 0.15) is 0 Å². The Morgan fingerprint density at radius 3 is 1.48 bits per heavy atom. The minimum absolute atomic E-state index is 0.909. The van der Waals surface area contributed by atoms with E-state index in [0.29, 0.717) is 0 Å². The molecule has 2 nitrogen and oxygen atoms in total. The van der Waals surface area contributed by atoms with Crippen molar-refractivity contribution in [1.82, 2.24) is 9.97 Å². The number of rotatable bonds is 4. The molecule has 0 aliphatic carbocycles. The van der Waals surface area contributed by atoms with Gasteiger partial charge >= 0.3 is 0 Å². The van der Waals surface area contributed by atoms with Gasteiger partial charge in [-0.2, -0.15) is 0 Å². The van der Waals surface area contributed by atoms with Crippen LogP contribution in [0.4, 0.5) is 0 Å². The molecule has 0 N–H and O–H groups in total. The van der Waals surface area contributed by atoms with Gasteiger partial charge in [-0.1, -0.05) is 133 Å². The lowest BCUT2D eigenvalue weighted by Crippen LogP contribution is -1.94. The molecule has 2 heterocycles. The highest BCUT2D eigenvalue weighted by Crippen LogP contribution is 2.45. The zero-order valence-electron chi connectivity index (χ0n) is 27.2. The van der Waals surface area contributed by atoms with E-state index in [1.807, 2.05) is 18.5 Å². The average molecular weight is 635 g/mol.